The zero-order chi connectivity index (χ0) is 34.7. The van der Waals surface area contributed by atoms with Crippen molar-refractivity contribution < 1.29 is 53.6 Å². The van der Waals surface area contributed by atoms with Gasteiger partial charge in [-0.25, -0.2) is 0 Å². The molecule has 0 bridgehead atoms. The van der Waals surface area contributed by atoms with Crippen LogP contribution in [0.2, 0.25) is 0 Å². The maximum Gasteiger partial charge on any atom is 0.192 e. The number of aliphatic carboxylic acids is 1. The second-order valence-electron chi connectivity index (χ2n) is 16.3. The van der Waals surface area contributed by atoms with E-state index in [4.69, 9.17) is 28.4 Å². The van der Waals surface area contributed by atoms with E-state index < -0.39 is 59.6 Å². The highest BCUT2D eigenvalue weighted by molar-refractivity contribution is 5.67. The number of carbonyl (C=O) groups excluding carboxylic acids is 1. The molecular formula is C36H61O11-. The SMILES string of the molecule is CC[C@@]1([C@H]2O[C@H]([C@H]3O[C@@](O)(CO)[C@H](C)C[C@@H]3C)C[C@H]2C)CC[C@H]([C@@]2(C)CC[C@]3(C[C@H](O)[C@@H](C)[C@@H]([C@H](C)[C@H](OC)[C@@H](C)C(=O)[O-])O3)O2)O1. The number of hydrogen-bond acceptors (Lipinski definition) is 11. The molecule has 0 unspecified atom stereocenters. The Morgan fingerprint density at radius 1 is 1.04 bits per heavy atom. The van der Waals surface area contributed by atoms with Crippen molar-refractivity contribution in [2.45, 2.75) is 172 Å². The van der Waals surface area contributed by atoms with Crippen LogP contribution in [-0.2, 0) is 33.2 Å². The number of hydrogen-bond donors (Lipinski definition) is 3. The number of aliphatic hydroxyl groups is 3. The molecule has 1 spiro atoms. The summed E-state index contributed by atoms with van der Waals surface area (Å²) >= 11 is 0. The van der Waals surface area contributed by atoms with Gasteiger partial charge in [-0.2, -0.15) is 0 Å². The second kappa shape index (κ2) is 13.7. The first-order valence-electron chi connectivity index (χ1n) is 18.1. The van der Waals surface area contributed by atoms with Crippen LogP contribution in [0.25, 0.3) is 0 Å². The van der Waals surface area contributed by atoms with E-state index in [1.165, 1.54) is 7.11 Å². The molecule has 5 saturated heterocycles. The minimum Gasteiger partial charge on any atom is -0.550 e. The van der Waals surface area contributed by atoms with Crippen LogP contribution < -0.4 is 5.11 Å². The maximum atomic E-state index is 11.7. The first-order valence-corrected chi connectivity index (χ1v) is 18.1. The third-order valence-electron chi connectivity index (χ3n) is 13.0. The van der Waals surface area contributed by atoms with Gasteiger partial charge in [0.1, 0.15) is 0 Å². The molecule has 3 N–H and O–H groups in total. The van der Waals surface area contributed by atoms with Crippen LogP contribution in [0.4, 0.5) is 0 Å². The van der Waals surface area contributed by atoms with Gasteiger partial charge in [0.05, 0.1) is 60.5 Å². The van der Waals surface area contributed by atoms with Crippen LogP contribution in [0.1, 0.15) is 107 Å². The Morgan fingerprint density at radius 3 is 2.36 bits per heavy atom. The summed E-state index contributed by atoms with van der Waals surface area (Å²) in [4.78, 5) is 11.7. The second-order valence-corrected chi connectivity index (χ2v) is 16.3. The molecule has 5 fully saturated rings. The minimum absolute atomic E-state index is 0.158. The average molecular weight is 670 g/mol. The molecule has 11 heteroatoms. The fourth-order valence-electron chi connectivity index (χ4n) is 9.91. The molecule has 0 aromatic carbocycles. The molecule has 0 aliphatic carbocycles. The molecule has 5 aliphatic rings. The van der Waals surface area contributed by atoms with Gasteiger partial charge in [0.2, 0.25) is 0 Å². The Labute approximate surface area is 281 Å². The smallest absolute Gasteiger partial charge is 0.192 e. The van der Waals surface area contributed by atoms with Crippen LogP contribution in [0, 0.1) is 35.5 Å². The number of ether oxygens (including phenoxy) is 6. The van der Waals surface area contributed by atoms with Gasteiger partial charge < -0.3 is 53.6 Å². The lowest BCUT2D eigenvalue weighted by atomic mass is 9.78. The lowest BCUT2D eigenvalue weighted by Gasteiger charge is -2.49. The lowest BCUT2D eigenvalue weighted by Crippen LogP contribution is -2.57. The molecule has 11 nitrogen and oxygen atoms in total. The van der Waals surface area contributed by atoms with E-state index in [1.54, 1.807) is 6.92 Å². The van der Waals surface area contributed by atoms with Gasteiger partial charge >= 0.3 is 0 Å². The highest BCUT2D eigenvalue weighted by atomic mass is 16.7. The van der Waals surface area contributed by atoms with E-state index >= 15 is 0 Å². The summed E-state index contributed by atoms with van der Waals surface area (Å²) in [7, 11) is 1.50. The van der Waals surface area contributed by atoms with Crippen molar-refractivity contribution in [3.8, 4) is 0 Å². The van der Waals surface area contributed by atoms with Crippen molar-refractivity contribution in [2.24, 2.45) is 35.5 Å². The third-order valence-corrected chi connectivity index (χ3v) is 13.0. The fourth-order valence-corrected chi connectivity index (χ4v) is 9.91. The Balaban J connectivity index is 1.29. The van der Waals surface area contributed by atoms with Crippen LogP contribution in [-0.4, -0.2) is 101 Å². The quantitative estimate of drug-likeness (QED) is 0.314. The number of methoxy groups -OCH3 is 1. The van der Waals surface area contributed by atoms with Crippen molar-refractivity contribution in [1.82, 2.24) is 0 Å². The molecule has 0 saturated carbocycles. The van der Waals surface area contributed by atoms with Crippen LogP contribution in [0.5, 0.6) is 0 Å². The van der Waals surface area contributed by atoms with Gasteiger partial charge in [0.25, 0.3) is 0 Å². The van der Waals surface area contributed by atoms with E-state index in [0.717, 1.165) is 32.1 Å². The molecule has 5 heterocycles. The Morgan fingerprint density at radius 2 is 1.74 bits per heavy atom. The van der Waals surface area contributed by atoms with Crippen molar-refractivity contribution in [1.29, 1.82) is 0 Å². The van der Waals surface area contributed by atoms with Crippen molar-refractivity contribution in [3.63, 3.8) is 0 Å². The van der Waals surface area contributed by atoms with Gasteiger partial charge in [-0.1, -0.05) is 48.5 Å². The molecule has 17 atom stereocenters. The summed E-state index contributed by atoms with van der Waals surface area (Å²) < 4.78 is 39.3. The van der Waals surface area contributed by atoms with E-state index in [2.05, 4.69) is 27.7 Å². The Hall–Kier alpha value is -0.890. The molecular weight excluding hydrogens is 608 g/mol. The molecule has 0 aromatic heterocycles. The molecule has 0 radical (unpaired) electrons. The number of carboxylic acid groups (broad SMARTS) is 1. The summed E-state index contributed by atoms with van der Waals surface area (Å²) in [6, 6.07) is 0. The zero-order valence-corrected chi connectivity index (χ0v) is 30.0. The summed E-state index contributed by atoms with van der Waals surface area (Å²) in [5, 5.41) is 43.9. The number of carboxylic acids is 1. The summed E-state index contributed by atoms with van der Waals surface area (Å²) in [5.41, 5.74) is -1.16. The molecule has 5 rings (SSSR count). The van der Waals surface area contributed by atoms with E-state index in [0.29, 0.717) is 19.3 Å². The van der Waals surface area contributed by atoms with Gasteiger partial charge in [0, 0.05) is 49.6 Å². The van der Waals surface area contributed by atoms with Gasteiger partial charge in [0.15, 0.2) is 11.6 Å². The molecule has 0 aromatic rings. The fraction of sp³-hybridized carbons (Fsp3) is 0.972. The monoisotopic (exact) mass is 669 g/mol. The van der Waals surface area contributed by atoms with Crippen molar-refractivity contribution >= 4 is 5.97 Å². The molecule has 47 heavy (non-hydrogen) atoms. The van der Waals surface area contributed by atoms with Gasteiger partial charge in [-0.3, -0.25) is 0 Å². The highest BCUT2D eigenvalue weighted by Crippen LogP contribution is 2.55. The molecule has 0 amide bonds. The standard InChI is InChI=1S/C36H62O11/c1-10-34(31-20(3)16-26(43-31)28-19(2)15-21(4)36(41,18-37)46-28)12-11-27(44-34)33(8)13-14-35(47-33)17-25(38)22(5)30(45-35)23(6)29(42-9)24(7)32(39)40/h19-31,37-38,41H,10-18H2,1-9H3,(H,39,40)/p-1/t19-,20+,21+,22+,23+,24+,25-,26-,27+,28-,29-,30-,31-,33+,34-,35+,36-/m0/s1. The normalized spacial score (nSPS) is 50.9. The van der Waals surface area contributed by atoms with E-state index in [9.17, 15) is 25.2 Å². The van der Waals surface area contributed by atoms with E-state index in [-0.39, 0.29) is 54.0 Å². The topological polar surface area (TPSA) is 156 Å². The van der Waals surface area contributed by atoms with Gasteiger partial charge in [-0.15, -0.1) is 0 Å². The summed E-state index contributed by atoms with van der Waals surface area (Å²) in [6.07, 6.45) is 2.81. The summed E-state index contributed by atoms with van der Waals surface area (Å²) in [5.74, 6) is -4.97. The zero-order valence-electron chi connectivity index (χ0n) is 30.0. The first-order chi connectivity index (χ1) is 22.0. The van der Waals surface area contributed by atoms with Crippen LogP contribution >= 0.6 is 0 Å². The Kier molecular flexibility index (Phi) is 10.9. The largest absolute Gasteiger partial charge is 0.550 e. The maximum absolute atomic E-state index is 11.7. The van der Waals surface area contributed by atoms with Crippen LogP contribution in [0.15, 0.2) is 0 Å². The Bertz CT molecular complexity index is 1110. The number of aliphatic hydroxyl groups excluding tert-OH is 2. The van der Waals surface area contributed by atoms with Crippen molar-refractivity contribution in [2.75, 3.05) is 13.7 Å². The molecule has 272 valence electrons. The van der Waals surface area contributed by atoms with E-state index in [1.807, 2.05) is 20.8 Å². The number of carbonyl (C=O) groups is 1. The number of rotatable bonds is 10. The third kappa shape index (κ3) is 6.67. The predicted molar refractivity (Wildman–Crippen MR) is 170 cm³/mol. The van der Waals surface area contributed by atoms with Gasteiger partial charge in [-0.05, 0) is 57.3 Å². The predicted octanol–water partition coefficient (Wildman–Crippen LogP) is 2.94. The first kappa shape index (κ1) is 37.4. The highest BCUT2D eigenvalue weighted by Gasteiger charge is 2.62. The average Bonchev–Trinajstić information content (AvgIpc) is 3.73. The summed E-state index contributed by atoms with van der Waals surface area (Å²) in [6.45, 7) is 15.4. The van der Waals surface area contributed by atoms with Crippen molar-refractivity contribution in [3.05, 3.63) is 0 Å². The lowest BCUT2D eigenvalue weighted by molar-refractivity contribution is -0.338. The minimum atomic E-state index is -1.57. The van der Waals surface area contributed by atoms with Crippen LogP contribution in [0.3, 0.4) is 0 Å². The molecule has 5 aliphatic heterocycles.